The minimum absolute atomic E-state index is 0.157. The van der Waals surface area contributed by atoms with Crippen molar-refractivity contribution in [2.45, 2.75) is 33.4 Å². The third kappa shape index (κ3) is 5.29. The number of benzene rings is 2. The van der Waals surface area contributed by atoms with Gasteiger partial charge in [-0.2, -0.15) is 10.2 Å². The number of carbonyl (C=O) groups is 1. The van der Waals surface area contributed by atoms with E-state index in [4.69, 9.17) is 0 Å². The zero-order chi connectivity index (χ0) is 26.1. The molecule has 2 aromatic carbocycles. The Kier molecular flexibility index (Phi) is 6.84. The fraction of sp³-hybridized carbons (Fsp3) is 0.185. The van der Waals surface area contributed by atoms with Crippen molar-refractivity contribution in [3.05, 3.63) is 93.7 Å². The second-order valence-electron chi connectivity index (χ2n) is 8.71. The Labute approximate surface area is 220 Å². The summed E-state index contributed by atoms with van der Waals surface area (Å²) in [6.45, 7) is 3.91. The van der Waals surface area contributed by atoms with E-state index in [1.54, 1.807) is 29.8 Å². The number of carbonyl (C=O) groups excluding carboxylic acids is 1. The van der Waals surface area contributed by atoms with Crippen LogP contribution in [0.1, 0.15) is 28.9 Å². The highest BCUT2D eigenvalue weighted by Gasteiger charge is 2.22. The average molecular weight is 565 g/mol. The van der Waals surface area contributed by atoms with Crippen LogP contribution in [0.15, 0.2) is 71.2 Å². The molecule has 3 heterocycles. The Morgan fingerprint density at radius 2 is 1.73 bits per heavy atom. The van der Waals surface area contributed by atoms with E-state index in [-0.39, 0.29) is 29.0 Å². The molecule has 0 saturated carbocycles. The molecule has 0 aliphatic carbocycles. The largest absolute Gasteiger partial charge is 0.308 e. The van der Waals surface area contributed by atoms with Crippen LogP contribution in [0.5, 0.6) is 0 Å². The van der Waals surface area contributed by atoms with Crippen LogP contribution in [0.3, 0.4) is 0 Å². The van der Waals surface area contributed by atoms with Crippen LogP contribution in [-0.4, -0.2) is 30.5 Å². The first-order valence-corrected chi connectivity index (χ1v) is 12.4. The Balaban J connectivity index is 1.40. The molecule has 188 valence electrons. The van der Waals surface area contributed by atoms with E-state index in [0.29, 0.717) is 29.3 Å². The molecule has 3 aromatic heterocycles. The molecule has 5 rings (SSSR count). The maximum Gasteiger partial charge on any atom is 0.264 e. The minimum atomic E-state index is -2.71. The quantitative estimate of drug-likeness (QED) is 0.251. The van der Waals surface area contributed by atoms with Crippen molar-refractivity contribution in [1.82, 2.24) is 24.5 Å². The second kappa shape index (κ2) is 10.2. The molecule has 5 aromatic rings. The Morgan fingerprint density at radius 1 is 1.00 bits per heavy atom. The molecule has 0 fully saturated rings. The van der Waals surface area contributed by atoms with E-state index in [2.05, 4.69) is 36.4 Å². The predicted molar refractivity (Wildman–Crippen MR) is 141 cm³/mol. The molecule has 0 aliphatic heterocycles. The van der Waals surface area contributed by atoms with Gasteiger partial charge in [-0.25, -0.2) is 18.4 Å². The second-order valence-corrected chi connectivity index (χ2v) is 9.62. The first-order chi connectivity index (χ1) is 17.8. The van der Waals surface area contributed by atoms with E-state index >= 15 is 0 Å². The van der Waals surface area contributed by atoms with Gasteiger partial charge >= 0.3 is 0 Å². The van der Waals surface area contributed by atoms with Crippen molar-refractivity contribution >= 4 is 38.7 Å². The lowest BCUT2D eigenvalue weighted by molar-refractivity contribution is -0.116. The van der Waals surface area contributed by atoms with Crippen LogP contribution in [0, 0.1) is 13.8 Å². The van der Waals surface area contributed by atoms with Crippen LogP contribution < -0.4 is 5.32 Å². The molecule has 10 heteroatoms. The van der Waals surface area contributed by atoms with Crippen LogP contribution in [0.25, 0.3) is 22.3 Å². The van der Waals surface area contributed by atoms with Gasteiger partial charge in [0.25, 0.3) is 6.43 Å². The van der Waals surface area contributed by atoms with Crippen molar-refractivity contribution in [3.8, 4) is 11.3 Å². The molecular formula is C27H23BrF2N6O. The highest BCUT2D eigenvalue weighted by Crippen LogP contribution is 2.33. The molecule has 0 aliphatic rings. The Morgan fingerprint density at radius 3 is 2.43 bits per heavy atom. The molecule has 0 atom stereocenters. The van der Waals surface area contributed by atoms with Gasteiger partial charge in [0.15, 0.2) is 11.5 Å². The Bertz CT molecular complexity index is 1580. The van der Waals surface area contributed by atoms with Gasteiger partial charge in [0, 0.05) is 27.4 Å². The molecule has 0 radical (unpaired) electrons. The minimum Gasteiger partial charge on any atom is -0.308 e. The van der Waals surface area contributed by atoms with Gasteiger partial charge in [-0.15, -0.1) is 0 Å². The standard InChI is InChI=1S/C27H23BrF2N6O/c1-16-12-23(34-35(16)14-18-8-10-20(28)11-9-18)32-24(37)15-36-27-25(17(2)33-36)21(26(29)30)13-22(31-27)19-6-4-3-5-7-19/h3-13,26H,14-15H2,1-2H3,(H,32,34,37). The van der Waals surface area contributed by atoms with E-state index in [1.807, 2.05) is 49.4 Å². The zero-order valence-electron chi connectivity index (χ0n) is 20.1. The lowest BCUT2D eigenvalue weighted by Crippen LogP contribution is -2.20. The summed E-state index contributed by atoms with van der Waals surface area (Å²) in [5, 5.41) is 11.9. The number of aryl methyl sites for hydroxylation is 2. The fourth-order valence-corrected chi connectivity index (χ4v) is 4.50. The molecule has 7 nitrogen and oxygen atoms in total. The molecule has 37 heavy (non-hydrogen) atoms. The zero-order valence-corrected chi connectivity index (χ0v) is 21.7. The fourth-order valence-electron chi connectivity index (χ4n) is 4.24. The summed E-state index contributed by atoms with van der Waals surface area (Å²) < 4.78 is 32.1. The Hall–Kier alpha value is -3.92. The number of amides is 1. The maximum absolute atomic E-state index is 14.0. The van der Waals surface area contributed by atoms with Crippen LogP contribution >= 0.6 is 15.9 Å². The lowest BCUT2D eigenvalue weighted by Gasteiger charge is -2.09. The van der Waals surface area contributed by atoms with E-state index in [9.17, 15) is 13.6 Å². The number of hydrogen-bond donors (Lipinski definition) is 1. The number of hydrogen-bond acceptors (Lipinski definition) is 4. The van der Waals surface area contributed by atoms with E-state index in [1.165, 1.54) is 10.7 Å². The number of anilines is 1. The summed E-state index contributed by atoms with van der Waals surface area (Å²) in [7, 11) is 0. The van der Waals surface area contributed by atoms with Crippen molar-refractivity contribution < 1.29 is 13.6 Å². The third-order valence-electron chi connectivity index (χ3n) is 6.00. The van der Waals surface area contributed by atoms with Gasteiger partial charge in [0.05, 0.1) is 23.3 Å². The first-order valence-electron chi connectivity index (χ1n) is 11.6. The summed E-state index contributed by atoms with van der Waals surface area (Å²) >= 11 is 3.43. The van der Waals surface area contributed by atoms with Gasteiger partial charge in [0.2, 0.25) is 5.91 Å². The number of aromatic nitrogens is 5. The molecular weight excluding hydrogens is 542 g/mol. The van der Waals surface area contributed by atoms with Crippen molar-refractivity contribution in [1.29, 1.82) is 0 Å². The third-order valence-corrected chi connectivity index (χ3v) is 6.53. The summed E-state index contributed by atoms with van der Waals surface area (Å²) in [5.41, 5.74) is 3.52. The first kappa shape index (κ1) is 24.8. The molecule has 0 spiro atoms. The van der Waals surface area contributed by atoms with Gasteiger partial charge < -0.3 is 5.32 Å². The maximum atomic E-state index is 14.0. The smallest absolute Gasteiger partial charge is 0.264 e. The summed E-state index contributed by atoms with van der Waals surface area (Å²) in [6.07, 6.45) is -2.71. The highest BCUT2D eigenvalue weighted by atomic mass is 79.9. The molecule has 1 amide bonds. The van der Waals surface area contributed by atoms with E-state index < -0.39 is 6.43 Å². The predicted octanol–water partition coefficient (Wildman–Crippen LogP) is 6.30. The van der Waals surface area contributed by atoms with Gasteiger partial charge in [-0.1, -0.05) is 58.4 Å². The monoisotopic (exact) mass is 564 g/mol. The number of nitrogens with one attached hydrogen (secondary N) is 1. The highest BCUT2D eigenvalue weighted by molar-refractivity contribution is 9.10. The molecule has 1 N–H and O–H groups in total. The number of halogens is 3. The normalized spacial score (nSPS) is 11.4. The number of pyridine rings is 1. The number of fused-ring (bicyclic) bond motifs is 1. The van der Waals surface area contributed by atoms with Gasteiger partial charge in [-0.05, 0) is 37.6 Å². The molecule has 0 unspecified atom stereocenters. The van der Waals surface area contributed by atoms with Gasteiger partial charge in [-0.3, -0.25) is 9.48 Å². The topological polar surface area (TPSA) is 77.6 Å². The number of alkyl halides is 2. The SMILES string of the molecule is Cc1nn(CC(=O)Nc2cc(C)n(Cc3ccc(Br)cc3)n2)c2nc(-c3ccccc3)cc(C(F)F)c12. The van der Waals surface area contributed by atoms with Crippen molar-refractivity contribution in [2.75, 3.05) is 5.32 Å². The van der Waals surface area contributed by atoms with Gasteiger partial charge in [0.1, 0.15) is 6.54 Å². The molecule has 0 bridgehead atoms. The summed E-state index contributed by atoms with van der Waals surface area (Å²) in [6, 6.07) is 20.2. The number of rotatable bonds is 7. The van der Waals surface area contributed by atoms with Crippen molar-refractivity contribution in [3.63, 3.8) is 0 Å². The van der Waals surface area contributed by atoms with Crippen LogP contribution in [0.2, 0.25) is 0 Å². The number of nitrogens with zero attached hydrogens (tertiary/aromatic N) is 5. The molecule has 0 saturated heterocycles. The summed E-state index contributed by atoms with van der Waals surface area (Å²) in [5.74, 6) is 0.0159. The summed E-state index contributed by atoms with van der Waals surface area (Å²) in [4.78, 5) is 17.5. The van der Waals surface area contributed by atoms with Crippen molar-refractivity contribution in [2.24, 2.45) is 0 Å². The van der Waals surface area contributed by atoms with Crippen LogP contribution in [-0.2, 0) is 17.9 Å². The lowest BCUT2D eigenvalue weighted by atomic mass is 10.1. The van der Waals surface area contributed by atoms with Crippen LogP contribution in [0.4, 0.5) is 14.6 Å². The average Bonchev–Trinajstić information content (AvgIpc) is 3.38. The van der Waals surface area contributed by atoms with E-state index in [0.717, 1.165) is 15.7 Å².